The molecule has 182 valence electrons. The molecule has 4 heterocycles. The number of nitrogens with zero attached hydrogens (tertiary/aromatic N) is 9. The molecule has 3 aromatic rings. The van der Waals surface area contributed by atoms with Gasteiger partial charge in [-0.1, -0.05) is 6.07 Å². The maximum absolute atomic E-state index is 12.8. The molecule has 1 unspecified atom stereocenters. The minimum Gasteiger partial charge on any atom is -0.349 e. The summed E-state index contributed by atoms with van der Waals surface area (Å²) in [6.45, 7) is 9.00. The van der Waals surface area contributed by atoms with Crippen LogP contribution in [-0.4, -0.2) is 68.2 Å². The van der Waals surface area contributed by atoms with Gasteiger partial charge in [-0.2, -0.15) is 10.2 Å². The molecule has 3 atom stereocenters. The van der Waals surface area contributed by atoms with Crippen molar-refractivity contribution in [1.82, 2.24) is 29.4 Å². The predicted molar refractivity (Wildman–Crippen MR) is 135 cm³/mol. The molecule has 0 amide bonds. The number of hydrazine groups is 1. The summed E-state index contributed by atoms with van der Waals surface area (Å²) >= 11 is 0. The zero-order valence-corrected chi connectivity index (χ0v) is 20.9. The van der Waals surface area contributed by atoms with Crippen LogP contribution in [0, 0.1) is 11.3 Å². The fourth-order valence-electron chi connectivity index (χ4n) is 5.42. The van der Waals surface area contributed by atoms with Gasteiger partial charge < -0.3 is 9.91 Å². The molecule has 0 bridgehead atoms. The number of anilines is 2. The molecule has 0 aliphatic carbocycles. The Morgan fingerprint density at radius 2 is 1.86 bits per heavy atom. The van der Waals surface area contributed by atoms with Crippen LogP contribution in [0.25, 0.3) is 11.0 Å². The summed E-state index contributed by atoms with van der Waals surface area (Å²) in [6, 6.07) is 9.11. The molecule has 0 saturated carbocycles. The van der Waals surface area contributed by atoms with E-state index >= 15 is 0 Å². The van der Waals surface area contributed by atoms with Crippen LogP contribution in [0.4, 0.5) is 11.5 Å². The highest BCUT2D eigenvalue weighted by molar-refractivity contribution is 5.74. The minimum atomic E-state index is -0.265. The van der Waals surface area contributed by atoms with Gasteiger partial charge in [-0.05, 0) is 38.5 Å². The highest BCUT2D eigenvalue weighted by atomic mass is 16.1. The third-order valence-corrected chi connectivity index (χ3v) is 7.49. The monoisotopic (exact) mass is 473 g/mol. The van der Waals surface area contributed by atoms with Gasteiger partial charge in [-0.25, -0.2) is 9.80 Å². The Hall–Kier alpha value is -3.55. The summed E-state index contributed by atoms with van der Waals surface area (Å²) in [5.74, 6) is 0.707. The Morgan fingerprint density at radius 1 is 1.11 bits per heavy atom. The molecule has 35 heavy (non-hydrogen) atoms. The van der Waals surface area contributed by atoms with Crippen molar-refractivity contribution in [3.05, 3.63) is 52.3 Å². The molecule has 1 fully saturated rings. The average Bonchev–Trinajstić information content (AvgIpc) is 3.18. The second-order valence-corrected chi connectivity index (χ2v) is 9.60. The predicted octanol–water partition coefficient (Wildman–Crippen LogP) is 2.07. The number of aromatic nitrogens is 4. The van der Waals surface area contributed by atoms with Crippen LogP contribution in [-0.2, 0) is 13.6 Å². The van der Waals surface area contributed by atoms with Gasteiger partial charge in [-0.3, -0.25) is 19.4 Å². The summed E-state index contributed by atoms with van der Waals surface area (Å²) in [5, 5.41) is 13.2. The van der Waals surface area contributed by atoms with E-state index < -0.39 is 0 Å². The van der Waals surface area contributed by atoms with Crippen molar-refractivity contribution < 1.29 is 0 Å². The molecule has 0 spiro atoms. The second kappa shape index (κ2) is 8.91. The van der Waals surface area contributed by atoms with Gasteiger partial charge in [0.05, 0.1) is 29.3 Å². The first kappa shape index (κ1) is 23.2. The molecule has 2 aliphatic rings. The average molecular weight is 474 g/mol. The normalized spacial score (nSPS) is 21.8. The lowest BCUT2D eigenvalue weighted by Crippen LogP contribution is -2.57. The van der Waals surface area contributed by atoms with Gasteiger partial charge in [0.2, 0.25) is 0 Å². The summed E-state index contributed by atoms with van der Waals surface area (Å²) in [6.07, 6.45) is 3.44. The summed E-state index contributed by atoms with van der Waals surface area (Å²) in [5.41, 5.74) is 4.56. The SMILES string of the molecule is CC(c1ccc2nccnc2c1)N1C[C@H](C)N(c2nc(=O)n(C)c3c2N(C)N(CC#N)C3)C[C@H]1C. The van der Waals surface area contributed by atoms with Crippen LogP contribution in [0.15, 0.2) is 35.4 Å². The minimum absolute atomic E-state index is 0.149. The molecule has 2 aromatic heterocycles. The number of hydrogen-bond acceptors (Lipinski definition) is 9. The number of fused-ring (bicyclic) bond motifs is 2. The Bertz CT molecular complexity index is 1360. The highest BCUT2D eigenvalue weighted by Crippen LogP contribution is 2.39. The second-order valence-electron chi connectivity index (χ2n) is 9.60. The molecular weight excluding hydrogens is 442 g/mol. The lowest BCUT2D eigenvalue weighted by atomic mass is 10.00. The first-order chi connectivity index (χ1) is 16.8. The van der Waals surface area contributed by atoms with Crippen LogP contribution in [0.5, 0.6) is 0 Å². The molecule has 10 nitrogen and oxygen atoms in total. The van der Waals surface area contributed by atoms with Crippen molar-refractivity contribution in [2.45, 2.75) is 45.4 Å². The van der Waals surface area contributed by atoms with Crippen molar-refractivity contribution >= 4 is 22.5 Å². The van der Waals surface area contributed by atoms with Crippen molar-refractivity contribution in [3.63, 3.8) is 0 Å². The summed E-state index contributed by atoms with van der Waals surface area (Å²) in [7, 11) is 3.69. The molecule has 1 aromatic carbocycles. The van der Waals surface area contributed by atoms with Crippen molar-refractivity contribution in [1.29, 1.82) is 5.26 Å². The molecule has 0 N–H and O–H groups in total. The molecule has 5 rings (SSSR count). The molecule has 1 saturated heterocycles. The maximum atomic E-state index is 12.8. The number of benzene rings is 1. The van der Waals surface area contributed by atoms with Gasteiger partial charge in [0.15, 0.2) is 5.82 Å². The Kier molecular flexibility index (Phi) is 5.91. The maximum Gasteiger partial charge on any atom is 0.349 e. The number of piperazine rings is 1. The zero-order chi connectivity index (χ0) is 24.9. The van der Waals surface area contributed by atoms with Crippen molar-refractivity contribution in [2.75, 3.05) is 36.6 Å². The summed E-state index contributed by atoms with van der Waals surface area (Å²) in [4.78, 5) is 30.9. The summed E-state index contributed by atoms with van der Waals surface area (Å²) < 4.78 is 1.60. The van der Waals surface area contributed by atoms with Crippen LogP contribution < -0.4 is 15.6 Å². The van der Waals surface area contributed by atoms with E-state index in [0.29, 0.717) is 12.4 Å². The number of hydrogen-bond donors (Lipinski definition) is 0. The standard InChI is InChI=1S/C25H31N9O/c1-16-14-34(24-23-22(30(4)25(35)29-24)15-32(11-8-26)31(23)5)17(2)13-33(16)18(3)19-6-7-20-21(12-19)28-10-9-27-20/h6-7,9-10,12,16-18H,11,13-15H2,1-5H3/t16-,17+,18?/m1/s1. The van der Waals surface area contributed by atoms with E-state index in [1.54, 1.807) is 24.0 Å². The first-order valence-electron chi connectivity index (χ1n) is 12.0. The Labute approximate surface area is 205 Å². The smallest absolute Gasteiger partial charge is 0.349 e. The fourth-order valence-corrected chi connectivity index (χ4v) is 5.42. The van der Waals surface area contributed by atoms with Crippen molar-refractivity contribution in [2.24, 2.45) is 7.05 Å². The molecule has 0 radical (unpaired) electrons. The van der Waals surface area contributed by atoms with Crippen LogP contribution in [0.3, 0.4) is 0 Å². The molecular formula is C25H31N9O. The van der Waals surface area contributed by atoms with E-state index in [-0.39, 0.29) is 30.4 Å². The van der Waals surface area contributed by atoms with E-state index in [9.17, 15) is 10.1 Å². The van der Waals surface area contributed by atoms with E-state index in [1.165, 1.54) is 5.56 Å². The number of nitriles is 1. The van der Waals surface area contributed by atoms with Gasteiger partial charge in [0.25, 0.3) is 0 Å². The molecule has 2 aliphatic heterocycles. The van der Waals surface area contributed by atoms with Crippen LogP contribution in [0.1, 0.15) is 38.1 Å². The third kappa shape index (κ3) is 3.90. The van der Waals surface area contributed by atoms with Gasteiger partial charge in [0.1, 0.15) is 12.2 Å². The zero-order valence-electron chi connectivity index (χ0n) is 20.9. The first-order valence-corrected chi connectivity index (χ1v) is 12.0. The van der Waals surface area contributed by atoms with Crippen LogP contribution in [0.2, 0.25) is 0 Å². The quantitative estimate of drug-likeness (QED) is 0.528. The van der Waals surface area contributed by atoms with Crippen LogP contribution >= 0.6 is 0 Å². The largest absolute Gasteiger partial charge is 0.349 e. The van der Waals surface area contributed by atoms with E-state index in [4.69, 9.17) is 0 Å². The Balaban J connectivity index is 1.44. The lowest BCUT2D eigenvalue weighted by Gasteiger charge is -2.47. The fraction of sp³-hybridized carbons (Fsp3) is 0.480. The van der Waals surface area contributed by atoms with Gasteiger partial charge in [0, 0.05) is 57.7 Å². The van der Waals surface area contributed by atoms with Gasteiger partial charge in [-0.15, -0.1) is 0 Å². The third-order valence-electron chi connectivity index (χ3n) is 7.49. The topological polar surface area (TPSA) is 97.4 Å². The highest BCUT2D eigenvalue weighted by Gasteiger charge is 2.38. The van der Waals surface area contributed by atoms with E-state index in [2.05, 4.69) is 63.7 Å². The molecule has 10 heteroatoms. The lowest BCUT2D eigenvalue weighted by molar-refractivity contribution is 0.119. The number of rotatable bonds is 4. The van der Waals surface area contributed by atoms with Gasteiger partial charge >= 0.3 is 5.69 Å². The van der Waals surface area contributed by atoms with E-state index in [1.807, 2.05) is 23.1 Å². The van der Waals surface area contributed by atoms with Crippen molar-refractivity contribution in [3.8, 4) is 6.07 Å². The van der Waals surface area contributed by atoms with E-state index in [0.717, 1.165) is 35.5 Å². The Morgan fingerprint density at radius 3 is 2.60 bits per heavy atom.